The van der Waals surface area contributed by atoms with E-state index < -0.39 is 0 Å². The number of para-hydroxylation sites is 1. The number of hydrogen-bond acceptors (Lipinski definition) is 6. The average molecular weight is 554 g/mol. The highest BCUT2D eigenvalue weighted by molar-refractivity contribution is 5.83. The lowest BCUT2D eigenvalue weighted by atomic mass is 9.96. The van der Waals surface area contributed by atoms with Crippen LogP contribution in [0.15, 0.2) is 71.1 Å². The first kappa shape index (κ1) is 29.6. The van der Waals surface area contributed by atoms with Crippen LogP contribution in [0.5, 0.6) is 17.2 Å². The fraction of sp³-hybridized carbons (Fsp3) is 0.324. The molecule has 0 saturated carbocycles. The molecule has 0 saturated heterocycles. The van der Waals surface area contributed by atoms with Crippen molar-refractivity contribution in [2.75, 3.05) is 13.7 Å². The van der Waals surface area contributed by atoms with Crippen LogP contribution in [0, 0.1) is 6.92 Å². The summed E-state index contributed by atoms with van der Waals surface area (Å²) in [5.74, 6) is 2.78. The van der Waals surface area contributed by atoms with Crippen LogP contribution >= 0.6 is 0 Å². The van der Waals surface area contributed by atoms with Crippen LogP contribution in [-0.4, -0.2) is 35.7 Å². The standard InChI is InChI=1S/C34H39N3O4/c1-9-13-25-17-24(18-31(39-8)32(25)41-22(5)6)20-35-37-33(36-29-15-12-11-14-26(29)34(37)38)28-19-27(21(3)4)30(40-10-2)16-23(28)7/h9,11-12,14-22H,1,10,13H2,2-8H3. The van der Waals surface area contributed by atoms with Gasteiger partial charge in [-0.15, -0.1) is 6.58 Å². The summed E-state index contributed by atoms with van der Waals surface area (Å²) in [6.07, 6.45) is 4.04. The normalized spacial score (nSPS) is 11.5. The van der Waals surface area contributed by atoms with E-state index in [2.05, 4.69) is 26.5 Å². The monoisotopic (exact) mass is 553 g/mol. The van der Waals surface area contributed by atoms with Crippen molar-refractivity contribution in [2.45, 2.75) is 60.0 Å². The first-order valence-corrected chi connectivity index (χ1v) is 14.0. The molecule has 0 spiro atoms. The van der Waals surface area contributed by atoms with E-state index in [1.54, 1.807) is 19.4 Å². The first-order valence-electron chi connectivity index (χ1n) is 14.0. The third-order valence-electron chi connectivity index (χ3n) is 6.69. The number of nitrogens with zero attached hydrogens (tertiary/aromatic N) is 3. The molecule has 1 aromatic heterocycles. The van der Waals surface area contributed by atoms with Gasteiger partial charge in [0, 0.05) is 11.1 Å². The van der Waals surface area contributed by atoms with Crippen LogP contribution < -0.4 is 19.8 Å². The van der Waals surface area contributed by atoms with Crippen molar-refractivity contribution in [3.05, 3.63) is 93.8 Å². The first-order chi connectivity index (χ1) is 19.7. The summed E-state index contributed by atoms with van der Waals surface area (Å²) in [4.78, 5) is 18.8. The minimum absolute atomic E-state index is 0.0233. The maximum Gasteiger partial charge on any atom is 0.282 e. The Morgan fingerprint density at radius 3 is 2.49 bits per heavy atom. The molecule has 0 aliphatic rings. The summed E-state index contributed by atoms with van der Waals surface area (Å²) in [7, 11) is 1.61. The number of benzene rings is 3. The molecule has 0 N–H and O–H groups in total. The molecule has 0 fully saturated rings. The fourth-order valence-electron chi connectivity index (χ4n) is 4.79. The van der Waals surface area contributed by atoms with Crippen molar-refractivity contribution in [1.29, 1.82) is 0 Å². The highest BCUT2D eigenvalue weighted by atomic mass is 16.5. The summed E-state index contributed by atoms with van der Waals surface area (Å²) in [5.41, 5.74) is 4.85. The van der Waals surface area contributed by atoms with Crippen LogP contribution in [0.25, 0.3) is 22.3 Å². The molecule has 4 rings (SSSR count). The van der Waals surface area contributed by atoms with E-state index in [0.29, 0.717) is 41.3 Å². The Hall–Kier alpha value is -4.39. The molecule has 7 heteroatoms. The van der Waals surface area contributed by atoms with Crippen LogP contribution in [0.1, 0.15) is 62.8 Å². The number of aromatic nitrogens is 2. The molecule has 214 valence electrons. The van der Waals surface area contributed by atoms with Crippen molar-refractivity contribution in [1.82, 2.24) is 9.66 Å². The van der Waals surface area contributed by atoms with Gasteiger partial charge in [-0.2, -0.15) is 9.78 Å². The summed E-state index contributed by atoms with van der Waals surface area (Å²) in [5, 5.41) is 5.20. The number of allylic oxidation sites excluding steroid dienone is 1. The highest BCUT2D eigenvalue weighted by Gasteiger charge is 2.19. The van der Waals surface area contributed by atoms with E-state index in [9.17, 15) is 4.79 Å². The number of ether oxygens (including phenoxy) is 3. The highest BCUT2D eigenvalue weighted by Crippen LogP contribution is 2.35. The Morgan fingerprint density at radius 1 is 1.07 bits per heavy atom. The lowest BCUT2D eigenvalue weighted by Crippen LogP contribution is -2.21. The van der Waals surface area contributed by atoms with Crippen LogP contribution in [0.3, 0.4) is 0 Å². The minimum Gasteiger partial charge on any atom is -0.494 e. The molecular formula is C34H39N3O4. The molecule has 0 radical (unpaired) electrons. The predicted octanol–water partition coefficient (Wildman–Crippen LogP) is 7.30. The Kier molecular flexibility index (Phi) is 9.28. The van der Waals surface area contributed by atoms with Gasteiger partial charge in [-0.3, -0.25) is 4.79 Å². The third kappa shape index (κ3) is 6.35. The molecule has 3 aromatic carbocycles. The van der Waals surface area contributed by atoms with Gasteiger partial charge in [0.2, 0.25) is 0 Å². The van der Waals surface area contributed by atoms with E-state index in [4.69, 9.17) is 24.3 Å². The van der Waals surface area contributed by atoms with Crippen LogP contribution in [0.2, 0.25) is 0 Å². The van der Waals surface area contributed by atoms with Crippen LogP contribution in [-0.2, 0) is 6.42 Å². The number of aryl methyl sites for hydroxylation is 1. The van der Waals surface area contributed by atoms with E-state index in [-0.39, 0.29) is 17.6 Å². The SMILES string of the molecule is C=CCc1cc(C=Nn2c(-c3cc(C(C)C)c(OCC)cc3C)nc3ccccc3c2=O)cc(OC)c1OC(C)C. The Balaban J connectivity index is 1.94. The molecule has 41 heavy (non-hydrogen) atoms. The van der Waals surface area contributed by atoms with Gasteiger partial charge in [-0.25, -0.2) is 4.98 Å². The molecule has 7 nitrogen and oxygen atoms in total. The van der Waals surface area contributed by atoms with E-state index in [1.165, 1.54) is 4.68 Å². The lowest BCUT2D eigenvalue weighted by molar-refractivity contribution is 0.228. The molecule has 0 aliphatic heterocycles. The lowest BCUT2D eigenvalue weighted by Gasteiger charge is -2.18. The largest absolute Gasteiger partial charge is 0.494 e. The van der Waals surface area contributed by atoms with Gasteiger partial charge < -0.3 is 14.2 Å². The zero-order valence-electron chi connectivity index (χ0n) is 25.0. The summed E-state index contributed by atoms with van der Waals surface area (Å²) < 4.78 is 19.0. The van der Waals surface area contributed by atoms with E-state index in [1.807, 2.05) is 70.2 Å². The Bertz CT molecular complexity index is 1650. The van der Waals surface area contributed by atoms with Crippen molar-refractivity contribution in [2.24, 2.45) is 5.10 Å². The maximum atomic E-state index is 13.8. The second-order valence-electron chi connectivity index (χ2n) is 10.5. The van der Waals surface area contributed by atoms with E-state index >= 15 is 0 Å². The topological polar surface area (TPSA) is 74.9 Å². The minimum atomic E-state index is -0.251. The van der Waals surface area contributed by atoms with E-state index in [0.717, 1.165) is 33.6 Å². The molecule has 0 unspecified atom stereocenters. The van der Waals surface area contributed by atoms with Gasteiger partial charge in [0.25, 0.3) is 5.56 Å². The van der Waals surface area contributed by atoms with Crippen LogP contribution in [0.4, 0.5) is 0 Å². The predicted molar refractivity (Wildman–Crippen MR) is 167 cm³/mol. The number of hydrogen-bond donors (Lipinski definition) is 0. The van der Waals surface area contributed by atoms with Crippen molar-refractivity contribution in [3.8, 4) is 28.6 Å². The van der Waals surface area contributed by atoms with Gasteiger partial charge in [-0.05, 0) is 93.1 Å². The maximum absolute atomic E-state index is 13.8. The zero-order chi connectivity index (χ0) is 29.7. The fourth-order valence-corrected chi connectivity index (χ4v) is 4.79. The molecule has 0 atom stereocenters. The number of methoxy groups -OCH3 is 1. The smallest absolute Gasteiger partial charge is 0.282 e. The Morgan fingerprint density at radius 2 is 1.83 bits per heavy atom. The quantitative estimate of drug-likeness (QED) is 0.144. The van der Waals surface area contributed by atoms with Crippen molar-refractivity contribution >= 4 is 17.1 Å². The van der Waals surface area contributed by atoms with Gasteiger partial charge in [0.05, 0.1) is 36.9 Å². The van der Waals surface area contributed by atoms with Crippen molar-refractivity contribution < 1.29 is 14.2 Å². The summed E-state index contributed by atoms with van der Waals surface area (Å²) >= 11 is 0. The second-order valence-corrected chi connectivity index (χ2v) is 10.5. The second kappa shape index (κ2) is 12.9. The van der Waals surface area contributed by atoms with Gasteiger partial charge >= 0.3 is 0 Å². The molecular weight excluding hydrogens is 514 g/mol. The van der Waals surface area contributed by atoms with Gasteiger partial charge in [-0.1, -0.05) is 32.1 Å². The van der Waals surface area contributed by atoms with Gasteiger partial charge in [0.1, 0.15) is 5.75 Å². The van der Waals surface area contributed by atoms with Gasteiger partial charge in [0.15, 0.2) is 17.3 Å². The summed E-state index contributed by atoms with van der Waals surface area (Å²) in [6, 6.07) is 15.2. The molecule has 0 amide bonds. The third-order valence-corrected chi connectivity index (χ3v) is 6.69. The average Bonchev–Trinajstić information content (AvgIpc) is 2.93. The number of fused-ring (bicyclic) bond motifs is 1. The molecule has 4 aromatic rings. The number of rotatable bonds is 11. The molecule has 0 aliphatic carbocycles. The van der Waals surface area contributed by atoms with Crippen molar-refractivity contribution in [3.63, 3.8) is 0 Å². The molecule has 0 bridgehead atoms. The Labute approximate surface area is 242 Å². The summed E-state index contributed by atoms with van der Waals surface area (Å²) in [6.45, 7) is 16.6. The molecule has 1 heterocycles. The zero-order valence-corrected chi connectivity index (χ0v) is 25.0.